The van der Waals surface area contributed by atoms with Crippen LogP contribution in [0.2, 0.25) is 0 Å². The first-order valence-corrected chi connectivity index (χ1v) is 5.66. The lowest BCUT2D eigenvalue weighted by atomic mass is 9.99. The van der Waals surface area contributed by atoms with Crippen molar-refractivity contribution < 1.29 is 13.9 Å². The SMILES string of the molecule is OC(c1ccco1)c1ccc(F)c2ccccc12. The summed E-state index contributed by atoms with van der Waals surface area (Å²) in [6.07, 6.45) is 0.620. The monoisotopic (exact) mass is 242 g/mol. The maximum atomic E-state index is 13.7. The predicted octanol–water partition coefficient (Wildman–Crippen LogP) is 3.65. The van der Waals surface area contributed by atoms with Crippen molar-refractivity contribution in [2.24, 2.45) is 0 Å². The Balaban J connectivity index is 2.21. The largest absolute Gasteiger partial charge is 0.466 e. The molecule has 0 bridgehead atoms. The molecule has 0 amide bonds. The fraction of sp³-hybridized carbons (Fsp3) is 0.0667. The van der Waals surface area contributed by atoms with Gasteiger partial charge >= 0.3 is 0 Å². The number of fused-ring (bicyclic) bond motifs is 1. The summed E-state index contributed by atoms with van der Waals surface area (Å²) in [7, 11) is 0. The number of benzene rings is 2. The second-order valence-electron chi connectivity index (χ2n) is 4.10. The molecule has 0 spiro atoms. The summed E-state index contributed by atoms with van der Waals surface area (Å²) in [4.78, 5) is 0. The topological polar surface area (TPSA) is 33.4 Å². The third-order valence-electron chi connectivity index (χ3n) is 3.01. The number of aliphatic hydroxyl groups excluding tert-OH is 1. The van der Waals surface area contributed by atoms with Crippen molar-refractivity contribution in [3.05, 3.63) is 71.9 Å². The molecule has 0 aliphatic heterocycles. The number of rotatable bonds is 2. The van der Waals surface area contributed by atoms with Crippen LogP contribution in [0.5, 0.6) is 0 Å². The van der Waals surface area contributed by atoms with Gasteiger partial charge in [-0.2, -0.15) is 0 Å². The Kier molecular flexibility index (Phi) is 2.61. The summed E-state index contributed by atoms with van der Waals surface area (Å²) >= 11 is 0. The molecule has 3 rings (SSSR count). The number of furan rings is 1. The van der Waals surface area contributed by atoms with E-state index in [0.717, 1.165) is 0 Å². The summed E-state index contributed by atoms with van der Waals surface area (Å²) in [6.45, 7) is 0. The molecule has 1 heterocycles. The fourth-order valence-corrected chi connectivity index (χ4v) is 2.12. The molecule has 18 heavy (non-hydrogen) atoms. The molecule has 0 radical (unpaired) electrons. The molecule has 1 unspecified atom stereocenters. The van der Waals surface area contributed by atoms with Gasteiger partial charge in [-0.25, -0.2) is 4.39 Å². The highest BCUT2D eigenvalue weighted by molar-refractivity contribution is 5.86. The minimum Gasteiger partial charge on any atom is -0.466 e. The molecule has 0 saturated heterocycles. The van der Waals surface area contributed by atoms with Crippen molar-refractivity contribution in [3.63, 3.8) is 0 Å². The van der Waals surface area contributed by atoms with Crippen molar-refractivity contribution in [1.29, 1.82) is 0 Å². The van der Waals surface area contributed by atoms with Crippen molar-refractivity contribution >= 4 is 10.8 Å². The molecule has 0 aliphatic carbocycles. The number of hydrogen-bond acceptors (Lipinski definition) is 2. The van der Waals surface area contributed by atoms with Gasteiger partial charge in [0.15, 0.2) is 0 Å². The zero-order valence-corrected chi connectivity index (χ0v) is 9.51. The van der Waals surface area contributed by atoms with Crippen molar-refractivity contribution in [2.45, 2.75) is 6.10 Å². The first kappa shape index (κ1) is 11.0. The van der Waals surface area contributed by atoms with E-state index in [0.29, 0.717) is 22.1 Å². The highest BCUT2D eigenvalue weighted by Crippen LogP contribution is 2.30. The Morgan fingerprint density at radius 3 is 2.44 bits per heavy atom. The molecule has 1 atom stereocenters. The summed E-state index contributed by atoms with van der Waals surface area (Å²) in [6, 6.07) is 13.4. The van der Waals surface area contributed by atoms with Crippen molar-refractivity contribution in [1.82, 2.24) is 0 Å². The van der Waals surface area contributed by atoms with E-state index in [9.17, 15) is 9.50 Å². The number of aliphatic hydroxyl groups is 1. The first-order chi connectivity index (χ1) is 8.77. The van der Waals surface area contributed by atoms with Gasteiger partial charge in [0.2, 0.25) is 0 Å². The molecule has 1 N–H and O–H groups in total. The van der Waals surface area contributed by atoms with Crippen molar-refractivity contribution in [2.75, 3.05) is 0 Å². The minimum atomic E-state index is -0.884. The van der Waals surface area contributed by atoms with Gasteiger partial charge in [0.05, 0.1) is 6.26 Å². The van der Waals surface area contributed by atoms with Gasteiger partial charge in [-0.3, -0.25) is 0 Å². The molecule has 2 nitrogen and oxygen atoms in total. The van der Waals surface area contributed by atoms with Crippen LogP contribution in [0.15, 0.2) is 59.2 Å². The minimum absolute atomic E-state index is 0.291. The van der Waals surface area contributed by atoms with Gasteiger partial charge < -0.3 is 9.52 Å². The maximum absolute atomic E-state index is 13.7. The standard InChI is InChI=1S/C15H11FO2/c16-13-8-7-12(10-4-1-2-5-11(10)13)15(17)14-6-3-9-18-14/h1-9,15,17H. The van der Waals surface area contributed by atoms with Crippen LogP contribution >= 0.6 is 0 Å². The van der Waals surface area contributed by atoms with Crippen LogP contribution in [0.3, 0.4) is 0 Å². The van der Waals surface area contributed by atoms with E-state index in [1.165, 1.54) is 12.3 Å². The van der Waals surface area contributed by atoms with Gasteiger partial charge in [0, 0.05) is 5.39 Å². The Morgan fingerprint density at radius 2 is 1.72 bits per heavy atom. The average Bonchev–Trinajstić information content (AvgIpc) is 2.93. The predicted molar refractivity (Wildman–Crippen MR) is 66.7 cm³/mol. The van der Waals surface area contributed by atoms with E-state index in [2.05, 4.69) is 0 Å². The van der Waals surface area contributed by atoms with E-state index in [1.54, 1.807) is 36.4 Å². The first-order valence-electron chi connectivity index (χ1n) is 5.66. The van der Waals surface area contributed by atoms with Crippen LogP contribution in [0.1, 0.15) is 17.4 Å². The van der Waals surface area contributed by atoms with Crippen LogP contribution in [0, 0.1) is 5.82 Å². The van der Waals surface area contributed by atoms with Crippen molar-refractivity contribution in [3.8, 4) is 0 Å². The molecular formula is C15H11FO2. The molecule has 1 aromatic heterocycles. The van der Waals surface area contributed by atoms with Crippen LogP contribution in [0.25, 0.3) is 10.8 Å². The van der Waals surface area contributed by atoms with Crippen LogP contribution in [-0.2, 0) is 0 Å². The molecule has 0 saturated carbocycles. The van der Waals surface area contributed by atoms with E-state index in [1.807, 2.05) is 6.07 Å². The summed E-state index contributed by atoms with van der Waals surface area (Å²) in [5.74, 6) is 0.160. The molecule has 0 aliphatic rings. The normalized spacial score (nSPS) is 12.8. The van der Waals surface area contributed by atoms with Crippen LogP contribution in [0.4, 0.5) is 4.39 Å². The number of halogens is 1. The van der Waals surface area contributed by atoms with Gasteiger partial charge in [-0.05, 0) is 29.1 Å². The lowest BCUT2D eigenvalue weighted by molar-refractivity contribution is 0.191. The van der Waals surface area contributed by atoms with E-state index < -0.39 is 6.10 Å². The smallest absolute Gasteiger partial charge is 0.137 e. The van der Waals surface area contributed by atoms with Gasteiger partial charge in [-0.1, -0.05) is 30.3 Å². The second-order valence-corrected chi connectivity index (χ2v) is 4.10. The third-order valence-corrected chi connectivity index (χ3v) is 3.01. The maximum Gasteiger partial charge on any atom is 0.137 e. The van der Waals surface area contributed by atoms with E-state index >= 15 is 0 Å². The Hall–Kier alpha value is -2.13. The average molecular weight is 242 g/mol. The highest BCUT2D eigenvalue weighted by Gasteiger charge is 2.16. The van der Waals surface area contributed by atoms with E-state index in [-0.39, 0.29) is 5.82 Å². The quantitative estimate of drug-likeness (QED) is 0.744. The fourth-order valence-electron chi connectivity index (χ4n) is 2.12. The molecule has 0 fully saturated rings. The second kappa shape index (κ2) is 4.27. The zero-order chi connectivity index (χ0) is 12.5. The molecule has 2 aromatic carbocycles. The van der Waals surface area contributed by atoms with E-state index in [4.69, 9.17) is 4.42 Å². The summed E-state index contributed by atoms with van der Waals surface area (Å²) in [5, 5.41) is 11.4. The zero-order valence-electron chi connectivity index (χ0n) is 9.51. The Labute approximate surface area is 103 Å². The van der Waals surface area contributed by atoms with Gasteiger partial charge in [-0.15, -0.1) is 0 Å². The summed E-state index contributed by atoms with van der Waals surface area (Å²) in [5.41, 5.74) is 0.641. The molecule has 90 valence electrons. The third kappa shape index (κ3) is 1.69. The lowest BCUT2D eigenvalue weighted by Crippen LogP contribution is -1.99. The van der Waals surface area contributed by atoms with Gasteiger partial charge in [0.1, 0.15) is 17.7 Å². The molecule has 3 aromatic rings. The van der Waals surface area contributed by atoms with Crippen LogP contribution < -0.4 is 0 Å². The molecule has 3 heteroatoms. The lowest BCUT2D eigenvalue weighted by Gasteiger charge is -2.12. The Bertz CT molecular complexity index is 674. The highest BCUT2D eigenvalue weighted by atomic mass is 19.1. The van der Waals surface area contributed by atoms with Gasteiger partial charge in [0.25, 0.3) is 0 Å². The Morgan fingerprint density at radius 1 is 0.944 bits per heavy atom. The molecular weight excluding hydrogens is 231 g/mol. The van der Waals surface area contributed by atoms with Crippen LogP contribution in [-0.4, -0.2) is 5.11 Å². The number of hydrogen-bond donors (Lipinski definition) is 1. The summed E-state index contributed by atoms with van der Waals surface area (Å²) < 4.78 is 18.9.